The zero-order chi connectivity index (χ0) is 14.4. The normalized spacial score (nSPS) is 14.7. The van der Waals surface area contributed by atoms with Gasteiger partial charge in [0.2, 0.25) is 5.91 Å². The second-order valence-electron chi connectivity index (χ2n) is 4.98. The minimum atomic E-state index is -0.0136. The number of hydrogen-bond acceptors (Lipinski definition) is 4. The van der Waals surface area contributed by atoms with E-state index in [0.717, 1.165) is 23.5 Å². The Labute approximate surface area is 119 Å². The molecular formula is C15H22N2O3. The van der Waals surface area contributed by atoms with Gasteiger partial charge in [-0.05, 0) is 31.2 Å². The van der Waals surface area contributed by atoms with Crippen molar-refractivity contribution < 1.29 is 14.3 Å². The van der Waals surface area contributed by atoms with E-state index in [1.807, 2.05) is 32.2 Å². The Balaban J connectivity index is 1.81. The zero-order valence-electron chi connectivity index (χ0n) is 12.1. The molecule has 0 aromatic heterocycles. The average Bonchev–Trinajstić information content (AvgIpc) is 2.47. The van der Waals surface area contributed by atoms with E-state index in [9.17, 15) is 4.79 Å². The molecule has 0 radical (unpaired) electrons. The van der Waals surface area contributed by atoms with E-state index in [0.29, 0.717) is 26.3 Å². The highest BCUT2D eigenvalue weighted by atomic mass is 16.6. The van der Waals surface area contributed by atoms with E-state index in [4.69, 9.17) is 9.47 Å². The molecule has 5 heteroatoms. The fraction of sp³-hybridized carbons (Fsp3) is 0.533. The van der Waals surface area contributed by atoms with Gasteiger partial charge >= 0.3 is 0 Å². The number of hydrogen-bond donors (Lipinski definition) is 2. The summed E-state index contributed by atoms with van der Waals surface area (Å²) in [5, 5.41) is 5.94. The van der Waals surface area contributed by atoms with Crippen molar-refractivity contribution in [2.45, 2.75) is 13.3 Å². The van der Waals surface area contributed by atoms with Crippen molar-refractivity contribution >= 4 is 5.91 Å². The number of nitrogens with one attached hydrogen (secondary N) is 2. The molecule has 110 valence electrons. The van der Waals surface area contributed by atoms with Gasteiger partial charge in [-0.1, -0.05) is 13.0 Å². The van der Waals surface area contributed by atoms with Crippen LogP contribution in [0.4, 0.5) is 0 Å². The van der Waals surface area contributed by atoms with Crippen LogP contribution in [0.25, 0.3) is 0 Å². The summed E-state index contributed by atoms with van der Waals surface area (Å²) in [6.07, 6.45) is 0.786. The first kappa shape index (κ1) is 14.7. The second-order valence-corrected chi connectivity index (χ2v) is 4.98. The molecule has 1 heterocycles. The first-order valence-corrected chi connectivity index (χ1v) is 7.01. The molecule has 20 heavy (non-hydrogen) atoms. The van der Waals surface area contributed by atoms with Gasteiger partial charge in [0.1, 0.15) is 13.2 Å². The third kappa shape index (κ3) is 3.87. The lowest BCUT2D eigenvalue weighted by atomic mass is 10.1. The lowest BCUT2D eigenvalue weighted by molar-refractivity contribution is -0.124. The number of carbonyl (C=O) groups excluding carboxylic acids is 1. The van der Waals surface area contributed by atoms with E-state index in [1.54, 1.807) is 0 Å². The van der Waals surface area contributed by atoms with E-state index < -0.39 is 0 Å². The predicted octanol–water partition coefficient (Wildman–Crippen LogP) is 0.972. The average molecular weight is 278 g/mol. The van der Waals surface area contributed by atoms with E-state index >= 15 is 0 Å². The van der Waals surface area contributed by atoms with Gasteiger partial charge < -0.3 is 20.1 Å². The molecule has 0 spiro atoms. The third-order valence-corrected chi connectivity index (χ3v) is 3.28. The lowest BCUT2D eigenvalue weighted by Crippen LogP contribution is -2.35. The van der Waals surface area contributed by atoms with Gasteiger partial charge in [0.25, 0.3) is 0 Å². The minimum absolute atomic E-state index is 0.0136. The second kappa shape index (κ2) is 7.14. The maximum Gasteiger partial charge on any atom is 0.224 e. The van der Waals surface area contributed by atoms with Crippen LogP contribution in [-0.2, 0) is 11.2 Å². The number of carbonyl (C=O) groups is 1. The molecule has 1 atom stereocenters. The first-order chi connectivity index (χ1) is 9.70. The highest BCUT2D eigenvalue weighted by Gasteiger charge is 2.13. The molecule has 1 aliphatic heterocycles. The zero-order valence-corrected chi connectivity index (χ0v) is 12.1. The van der Waals surface area contributed by atoms with Gasteiger partial charge in [0.15, 0.2) is 11.5 Å². The van der Waals surface area contributed by atoms with Gasteiger partial charge in [-0.25, -0.2) is 0 Å². The van der Waals surface area contributed by atoms with Crippen LogP contribution < -0.4 is 20.1 Å². The Hall–Kier alpha value is -1.75. The van der Waals surface area contributed by atoms with Crippen LogP contribution in [0.1, 0.15) is 12.5 Å². The Morgan fingerprint density at radius 2 is 2.05 bits per heavy atom. The van der Waals surface area contributed by atoms with Gasteiger partial charge in [0.05, 0.1) is 0 Å². The van der Waals surface area contributed by atoms with Crippen LogP contribution >= 0.6 is 0 Å². The van der Waals surface area contributed by atoms with Crippen molar-refractivity contribution in [3.63, 3.8) is 0 Å². The number of amides is 1. The fourth-order valence-electron chi connectivity index (χ4n) is 2.15. The van der Waals surface area contributed by atoms with Gasteiger partial charge in [-0.2, -0.15) is 0 Å². The molecule has 0 saturated heterocycles. The number of rotatable bonds is 6. The van der Waals surface area contributed by atoms with Gasteiger partial charge in [-0.15, -0.1) is 0 Å². The summed E-state index contributed by atoms with van der Waals surface area (Å²) in [6, 6.07) is 5.92. The quantitative estimate of drug-likeness (QED) is 0.814. The van der Waals surface area contributed by atoms with E-state index in [-0.39, 0.29) is 11.8 Å². The van der Waals surface area contributed by atoms with Gasteiger partial charge in [-0.3, -0.25) is 4.79 Å². The summed E-state index contributed by atoms with van der Waals surface area (Å²) in [6.45, 7) is 4.43. The topological polar surface area (TPSA) is 59.6 Å². The summed E-state index contributed by atoms with van der Waals surface area (Å²) >= 11 is 0. The monoisotopic (exact) mass is 278 g/mol. The Bertz CT molecular complexity index is 462. The Morgan fingerprint density at radius 1 is 1.30 bits per heavy atom. The molecule has 1 aromatic carbocycles. The molecule has 0 fully saturated rings. The van der Waals surface area contributed by atoms with E-state index in [1.165, 1.54) is 0 Å². The van der Waals surface area contributed by atoms with Crippen LogP contribution in [0.15, 0.2) is 18.2 Å². The van der Waals surface area contributed by atoms with E-state index in [2.05, 4.69) is 10.6 Å². The lowest BCUT2D eigenvalue weighted by Gasteiger charge is -2.19. The van der Waals surface area contributed by atoms with Crippen LogP contribution in [-0.4, -0.2) is 39.3 Å². The van der Waals surface area contributed by atoms with Crippen molar-refractivity contribution in [1.82, 2.24) is 10.6 Å². The molecule has 0 bridgehead atoms. The molecule has 1 aromatic rings. The SMILES string of the molecule is CNCC(C)C(=O)NCCc1ccc2c(c1)OCCO2. The van der Waals surface area contributed by atoms with Crippen LogP contribution in [0, 0.1) is 5.92 Å². The van der Waals surface area contributed by atoms with Crippen LogP contribution in [0.3, 0.4) is 0 Å². The maximum atomic E-state index is 11.8. The molecule has 1 unspecified atom stereocenters. The summed E-state index contributed by atoms with van der Waals surface area (Å²) in [5.74, 6) is 1.66. The van der Waals surface area contributed by atoms with Crippen molar-refractivity contribution in [2.24, 2.45) is 5.92 Å². The number of ether oxygens (including phenoxy) is 2. The third-order valence-electron chi connectivity index (χ3n) is 3.28. The number of benzene rings is 1. The summed E-state index contributed by atoms with van der Waals surface area (Å²) in [5.41, 5.74) is 1.14. The largest absolute Gasteiger partial charge is 0.486 e. The molecule has 0 saturated carbocycles. The smallest absolute Gasteiger partial charge is 0.224 e. The Kier molecular flexibility index (Phi) is 5.24. The Morgan fingerprint density at radius 3 is 2.80 bits per heavy atom. The molecule has 0 aliphatic carbocycles. The van der Waals surface area contributed by atoms with Crippen molar-refractivity contribution in [1.29, 1.82) is 0 Å². The first-order valence-electron chi connectivity index (χ1n) is 7.01. The molecule has 2 N–H and O–H groups in total. The maximum absolute atomic E-state index is 11.8. The summed E-state index contributed by atoms with van der Waals surface area (Å²) in [7, 11) is 1.85. The molecule has 5 nitrogen and oxygen atoms in total. The molecular weight excluding hydrogens is 256 g/mol. The van der Waals surface area contributed by atoms with Crippen molar-refractivity contribution in [3.8, 4) is 11.5 Å². The van der Waals surface area contributed by atoms with Gasteiger partial charge in [0, 0.05) is 19.0 Å². The fourth-order valence-corrected chi connectivity index (χ4v) is 2.15. The predicted molar refractivity (Wildman–Crippen MR) is 77.2 cm³/mol. The van der Waals surface area contributed by atoms with Crippen molar-refractivity contribution in [2.75, 3.05) is 33.4 Å². The van der Waals surface area contributed by atoms with Crippen molar-refractivity contribution in [3.05, 3.63) is 23.8 Å². The summed E-state index contributed by atoms with van der Waals surface area (Å²) < 4.78 is 11.0. The van der Waals surface area contributed by atoms with Crippen LogP contribution in [0.2, 0.25) is 0 Å². The number of fused-ring (bicyclic) bond motifs is 1. The van der Waals surface area contributed by atoms with Crippen LogP contribution in [0.5, 0.6) is 11.5 Å². The highest BCUT2D eigenvalue weighted by Crippen LogP contribution is 2.30. The minimum Gasteiger partial charge on any atom is -0.486 e. The summed E-state index contributed by atoms with van der Waals surface area (Å²) in [4.78, 5) is 11.8. The molecule has 1 amide bonds. The standard InChI is InChI=1S/C15H22N2O3/c1-11(10-16-2)15(18)17-6-5-12-3-4-13-14(9-12)20-8-7-19-13/h3-4,9,11,16H,5-8,10H2,1-2H3,(H,17,18). The highest BCUT2D eigenvalue weighted by molar-refractivity contribution is 5.78. The molecule has 2 rings (SSSR count). The molecule has 1 aliphatic rings.